The average Bonchev–Trinajstić information content (AvgIpc) is 2.68. The Morgan fingerprint density at radius 2 is 2.21 bits per heavy atom. The van der Waals surface area contributed by atoms with Crippen LogP contribution in [0.15, 0.2) is 36.8 Å². The van der Waals surface area contributed by atoms with E-state index in [4.69, 9.17) is 0 Å². The lowest BCUT2D eigenvalue weighted by atomic mass is 10.3. The van der Waals surface area contributed by atoms with Gasteiger partial charge in [0.15, 0.2) is 0 Å². The van der Waals surface area contributed by atoms with Crippen LogP contribution >= 0.6 is 11.3 Å². The molecule has 2 rings (SSSR count). The highest BCUT2D eigenvalue weighted by atomic mass is 32.1. The van der Waals surface area contributed by atoms with E-state index >= 15 is 0 Å². The average molecular weight is 202 g/mol. The van der Waals surface area contributed by atoms with E-state index in [9.17, 15) is 0 Å². The molecule has 0 aliphatic heterocycles. The van der Waals surface area contributed by atoms with Crippen molar-refractivity contribution >= 4 is 17.4 Å². The van der Waals surface area contributed by atoms with Crippen LogP contribution in [0.3, 0.4) is 0 Å². The van der Waals surface area contributed by atoms with Gasteiger partial charge in [0.2, 0.25) is 0 Å². The molecule has 0 spiro atoms. The second-order valence-electron chi connectivity index (χ2n) is 2.79. The minimum Gasteiger partial charge on any atom is -0.261 e. The summed E-state index contributed by atoms with van der Waals surface area (Å²) >= 11 is 1.72. The van der Waals surface area contributed by atoms with E-state index in [-0.39, 0.29) is 0 Å². The second-order valence-corrected chi connectivity index (χ2v) is 3.91. The van der Waals surface area contributed by atoms with E-state index in [0.717, 1.165) is 10.6 Å². The maximum atomic E-state index is 4.25. The zero-order chi connectivity index (χ0) is 9.80. The molecule has 14 heavy (non-hydrogen) atoms. The summed E-state index contributed by atoms with van der Waals surface area (Å²) < 4.78 is 0. The predicted octanol–water partition coefficient (Wildman–Crippen LogP) is 3.24. The Hall–Kier alpha value is -1.48. The molecule has 0 N–H and O–H groups in total. The van der Waals surface area contributed by atoms with Gasteiger partial charge in [-0.1, -0.05) is 6.08 Å². The van der Waals surface area contributed by atoms with Crippen molar-refractivity contribution < 1.29 is 0 Å². The number of nitrogens with zero attached hydrogens (tertiary/aromatic N) is 2. The summed E-state index contributed by atoms with van der Waals surface area (Å²) in [5.41, 5.74) is 0.938. The molecule has 2 aromatic heterocycles. The van der Waals surface area contributed by atoms with Gasteiger partial charge in [-0.05, 0) is 25.1 Å². The Balaban J connectivity index is 2.34. The molecule has 0 saturated heterocycles. The van der Waals surface area contributed by atoms with Gasteiger partial charge in [-0.3, -0.25) is 9.97 Å². The highest BCUT2D eigenvalue weighted by Crippen LogP contribution is 2.26. The maximum absolute atomic E-state index is 4.25. The molecule has 0 saturated carbocycles. The van der Waals surface area contributed by atoms with Gasteiger partial charge < -0.3 is 0 Å². The lowest BCUT2D eigenvalue weighted by Crippen LogP contribution is -1.79. The van der Waals surface area contributed by atoms with Crippen molar-refractivity contribution in [2.75, 3.05) is 0 Å². The highest BCUT2D eigenvalue weighted by molar-refractivity contribution is 7.16. The van der Waals surface area contributed by atoms with E-state index in [1.54, 1.807) is 29.9 Å². The van der Waals surface area contributed by atoms with Crippen LogP contribution in [0.2, 0.25) is 0 Å². The zero-order valence-electron chi connectivity index (χ0n) is 7.84. The Bertz CT molecular complexity index is 432. The Kier molecular flexibility index (Phi) is 2.70. The molecule has 0 aromatic carbocycles. The Labute approximate surface area is 87.0 Å². The van der Waals surface area contributed by atoms with Crippen LogP contribution in [0, 0.1) is 0 Å². The van der Waals surface area contributed by atoms with Crippen LogP contribution in [-0.4, -0.2) is 9.97 Å². The van der Waals surface area contributed by atoms with E-state index < -0.39 is 0 Å². The third-order valence-corrected chi connectivity index (χ3v) is 2.85. The van der Waals surface area contributed by atoms with Crippen molar-refractivity contribution in [1.82, 2.24) is 9.97 Å². The van der Waals surface area contributed by atoms with Crippen molar-refractivity contribution in [3.8, 4) is 10.6 Å². The summed E-state index contributed by atoms with van der Waals surface area (Å²) in [6.07, 6.45) is 9.30. The molecule has 0 bridgehead atoms. The van der Waals surface area contributed by atoms with E-state index in [1.165, 1.54) is 4.88 Å². The molecule has 0 fully saturated rings. The molecule has 2 aromatic rings. The van der Waals surface area contributed by atoms with Crippen molar-refractivity contribution in [3.63, 3.8) is 0 Å². The van der Waals surface area contributed by atoms with Gasteiger partial charge in [0.25, 0.3) is 0 Å². The maximum Gasteiger partial charge on any atom is 0.0984 e. The topological polar surface area (TPSA) is 25.8 Å². The smallest absolute Gasteiger partial charge is 0.0984 e. The van der Waals surface area contributed by atoms with E-state index in [2.05, 4.69) is 28.2 Å². The van der Waals surface area contributed by atoms with E-state index in [0.29, 0.717) is 0 Å². The highest BCUT2D eigenvalue weighted by Gasteiger charge is 2.01. The largest absolute Gasteiger partial charge is 0.261 e. The number of hydrogen-bond donors (Lipinski definition) is 0. The van der Waals surface area contributed by atoms with Gasteiger partial charge in [-0.15, -0.1) is 11.3 Å². The first-order chi connectivity index (χ1) is 6.90. The number of rotatable bonds is 2. The van der Waals surface area contributed by atoms with Gasteiger partial charge in [0.05, 0.1) is 16.8 Å². The first kappa shape index (κ1) is 9.09. The van der Waals surface area contributed by atoms with Crippen LogP contribution in [0.25, 0.3) is 16.6 Å². The molecular formula is C11H10N2S. The molecule has 0 unspecified atom stereocenters. The van der Waals surface area contributed by atoms with Crippen LogP contribution in [0.4, 0.5) is 0 Å². The summed E-state index contributed by atoms with van der Waals surface area (Å²) in [5.74, 6) is 0. The summed E-state index contributed by atoms with van der Waals surface area (Å²) in [6.45, 7) is 2.02. The number of hydrogen-bond acceptors (Lipinski definition) is 3. The quantitative estimate of drug-likeness (QED) is 0.747. The first-order valence-electron chi connectivity index (χ1n) is 4.39. The lowest BCUT2D eigenvalue weighted by molar-refractivity contribution is 1.21. The van der Waals surface area contributed by atoms with Gasteiger partial charge in [0.1, 0.15) is 0 Å². The number of aromatic nitrogens is 2. The molecule has 0 aliphatic carbocycles. The zero-order valence-corrected chi connectivity index (χ0v) is 8.66. The minimum absolute atomic E-state index is 0.938. The van der Waals surface area contributed by atoms with Crippen LogP contribution in [0.1, 0.15) is 11.8 Å². The molecular weight excluding hydrogens is 192 g/mol. The molecule has 2 heterocycles. The van der Waals surface area contributed by atoms with Crippen molar-refractivity contribution in [2.24, 2.45) is 0 Å². The Morgan fingerprint density at radius 1 is 1.29 bits per heavy atom. The number of thiophene rings is 1. The van der Waals surface area contributed by atoms with Crippen LogP contribution in [-0.2, 0) is 0 Å². The molecule has 70 valence electrons. The molecule has 2 nitrogen and oxygen atoms in total. The van der Waals surface area contributed by atoms with Gasteiger partial charge in [-0.2, -0.15) is 0 Å². The SMILES string of the molecule is C/C=C/c1ccc(-c2cnccn2)s1. The van der Waals surface area contributed by atoms with Crippen molar-refractivity contribution in [2.45, 2.75) is 6.92 Å². The first-order valence-corrected chi connectivity index (χ1v) is 5.20. The lowest BCUT2D eigenvalue weighted by Gasteiger charge is -1.92. The monoisotopic (exact) mass is 202 g/mol. The fourth-order valence-electron chi connectivity index (χ4n) is 1.17. The molecule has 0 amide bonds. The fourth-order valence-corrected chi connectivity index (χ4v) is 2.11. The fraction of sp³-hybridized carbons (Fsp3) is 0.0909. The number of allylic oxidation sites excluding steroid dienone is 1. The summed E-state index contributed by atoms with van der Waals surface area (Å²) in [5, 5.41) is 0. The third kappa shape index (κ3) is 1.88. The predicted molar refractivity (Wildman–Crippen MR) is 60.1 cm³/mol. The molecule has 0 aliphatic rings. The molecule has 0 atom stereocenters. The normalized spacial score (nSPS) is 10.9. The molecule has 3 heteroatoms. The third-order valence-electron chi connectivity index (χ3n) is 1.77. The minimum atomic E-state index is 0.938. The molecule has 0 radical (unpaired) electrons. The van der Waals surface area contributed by atoms with Crippen LogP contribution in [0.5, 0.6) is 0 Å². The van der Waals surface area contributed by atoms with Crippen molar-refractivity contribution in [3.05, 3.63) is 41.7 Å². The van der Waals surface area contributed by atoms with Gasteiger partial charge in [0, 0.05) is 17.3 Å². The summed E-state index contributed by atoms with van der Waals surface area (Å²) in [7, 11) is 0. The second kappa shape index (κ2) is 4.15. The summed E-state index contributed by atoms with van der Waals surface area (Å²) in [4.78, 5) is 10.7. The van der Waals surface area contributed by atoms with Crippen LogP contribution < -0.4 is 0 Å². The standard InChI is InChI=1S/C11H10N2S/c1-2-3-9-4-5-11(14-9)10-8-12-6-7-13-10/h2-8H,1H3/b3-2+. The van der Waals surface area contributed by atoms with E-state index in [1.807, 2.05) is 13.0 Å². The van der Waals surface area contributed by atoms with Gasteiger partial charge >= 0.3 is 0 Å². The van der Waals surface area contributed by atoms with Gasteiger partial charge in [-0.25, -0.2) is 0 Å². The Morgan fingerprint density at radius 3 is 2.93 bits per heavy atom. The van der Waals surface area contributed by atoms with Crippen molar-refractivity contribution in [1.29, 1.82) is 0 Å². The summed E-state index contributed by atoms with van der Waals surface area (Å²) in [6, 6.07) is 4.17.